The van der Waals surface area contributed by atoms with Crippen LogP contribution in [0.15, 0.2) is 146 Å². The number of hydrogen-bond donors (Lipinski definition) is 1. The molecule has 37 heavy (non-hydrogen) atoms. The van der Waals surface area contributed by atoms with E-state index >= 15 is 0 Å². The number of para-hydroxylation sites is 2. The molecule has 0 spiro atoms. The summed E-state index contributed by atoms with van der Waals surface area (Å²) in [5, 5.41) is 3.68. The van der Waals surface area contributed by atoms with Gasteiger partial charge in [0.1, 0.15) is 0 Å². The molecule has 6 aromatic rings. The van der Waals surface area contributed by atoms with Crippen LogP contribution in [-0.2, 0) is 0 Å². The first-order valence-corrected chi connectivity index (χ1v) is 12.3. The van der Waals surface area contributed by atoms with Gasteiger partial charge in [-0.1, -0.05) is 103 Å². The monoisotopic (exact) mass is 475 g/mol. The van der Waals surface area contributed by atoms with Gasteiger partial charge < -0.3 is 5.32 Å². The van der Waals surface area contributed by atoms with E-state index in [4.69, 9.17) is 9.97 Å². The van der Waals surface area contributed by atoms with Crippen LogP contribution in [0.5, 0.6) is 0 Å². The van der Waals surface area contributed by atoms with Crippen LogP contribution in [-0.4, -0.2) is 9.97 Å². The molecule has 0 amide bonds. The van der Waals surface area contributed by atoms with E-state index in [-0.39, 0.29) is 0 Å². The molecule has 0 unspecified atom stereocenters. The molecule has 2 heterocycles. The third-order valence-corrected chi connectivity index (χ3v) is 6.36. The van der Waals surface area contributed by atoms with E-state index < -0.39 is 0 Å². The van der Waals surface area contributed by atoms with Crippen molar-refractivity contribution in [2.75, 3.05) is 5.32 Å². The first-order valence-electron chi connectivity index (χ1n) is 12.3. The SMILES string of the molecule is c1ccc(-c2ccnc(-c3ccccc3Nc3ccccc3-c3cccc(-c4ccccc4)n3)c2)cc1. The van der Waals surface area contributed by atoms with Gasteiger partial charge in [0.15, 0.2) is 0 Å². The minimum Gasteiger partial charge on any atom is -0.354 e. The Bertz CT molecular complexity index is 1520. The van der Waals surface area contributed by atoms with Crippen molar-refractivity contribution in [2.24, 2.45) is 0 Å². The van der Waals surface area contributed by atoms with Crippen molar-refractivity contribution in [3.63, 3.8) is 0 Å². The van der Waals surface area contributed by atoms with Crippen LogP contribution in [0.4, 0.5) is 11.4 Å². The zero-order valence-electron chi connectivity index (χ0n) is 20.3. The van der Waals surface area contributed by atoms with E-state index in [1.807, 2.05) is 54.7 Å². The van der Waals surface area contributed by atoms with Gasteiger partial charge in [-0.15, -0.1) is 0 Å². The minimum absolute atomic E-state index is 0.922. The second-order valence-corrected chi connectivity index (χ2v) is 8.79. The molecule has 6 rings (SSSR count). The highest BCUT2D eigenvalue weighted by Gasteiger charge is 2.12. The largest absolute Gasteiger partial charge is 0.354 e. The zero-order chi connectivity index (χ0) is 24.9. The third-order valence-electron chi connectivity index (χ3n) is 6.36. The molecule has 0 atom stereocenters. The lowest BCUT2D eigenvalue weighted by molar-refractivity contribution is 1.31. The molecule has 176 valence electrons. The second-order valence-electron chi connectivity index (χ2n) is 8.79. The molecule has 0 radical (unpaired) electrons. The van der Waals surface area contributed by atoms with Gasteiger partial charge >= 0.3 is 0 Å². The fourth-order valence-corrected chi connectivity index (χ4v) is 4.52. The number of nitrogens with zero attached hydrogens (tertiary/aromatic N) is 2. The quantitative estimate of drug-likeness (QED) is 0.261. The van der Waals surface area contributed by atoms with Crippen LogP contribution in [0.1, 0.15) is 0 Å². The highest BCUT2D eigenvalue weighted by molar-refractivity contribution is 5.86. The van der Waals surface area contributed by atoms with Gasteiger partial charge in [-0.05, 0) is 47.5 Å². The summed E-state index contributed by atoms with van der Waals surface area (Å²) >= 11 is 0. The Labute approximate surface area is 217 Å². The van der Waals surface area contributed by atoms with E-state index in [2.05, 4.69) is 96.3 Å². The molecule has 0 aliphatic rings. The lowest BCUT2D eigenvalue weighted by Crippen LogP contribution is -1.98. The molecule has 0 aliphatic heterocycles. The molecule has 0 fully saturated rings. The molecule has 0 bridgehead atoms. The molecule has 4 aromatic carbocycles. The molecule has 1 N–H and O–H groups in total. The summed E-state index contributed by atoms with van der Waals surface area (Å²) in [6.07, 6.45) is 1.88. The van der Waals surface area contributed by atoms with Crippen molar-refractivity contribution < 1.29 is 0 Å². The van der Waals surface area contributed by atoms with E-state index in [1.165, 1.54) is 5.56 Å². The number of rotatable bonds is 6. The average molecular weight is 476 g/mol. The Morgan fingerprint density at radius 3 is 1.68 bits per heavy atom. The van der Waals surface area contributed by atoms with Gasteiger partial charge in [-0.25, -0.2) is 4.98 Å². The molecular weight excluding hydrogens is 450 g/mol. The number of aromatic nitrogens is 2. The van der Waals surface area contributed by atoms with E-state index in [1.54, 1.807) is 0 Å². The van der Waals surface area contributed by atoms with Crippen molar-refractivity contribution in [2.45, 2.75) is 0 Å². The van der Waals surface area contributed by atoms with Crippen molar-refractivity contribution >= 4 is 11.4 Å². The predicted molar refractivity (Wildman–Crippen MR) is 154 cm³/mol. The molecule has 3 heteroatoms. The number of nitrogens with one attached hydrogen (secondary N) is 1. The molecule has 3 nitrogen and oxygen atoms in total. The fraction of sp³-hybridized carbons (Fsp3) is 0. The standard InChI is InChI=1S/C34H25N3/c1-3-12-25(13-4-1)27-22-23-35-34(24-27)29-17-8-10-19-32(29)37-31-18-9-7-16-28(31)33-21-11-20-30(36-33)26-14-5-2-6-15-26/h1-24,37H. The summed E-state index contributed by atoms with van der Waals surface area (Å²) < 4.78 is 0. The Balaban J connectivity index is 1.37. The predicted octanol–water partition coefficient (Wildman–Crippen LogP) is 8.89. The van der Waals surface area contributed by atoms with E-state index in [0.29, 0.717) is 0 Å². The smallest absolute Gasteiger partial charge is 0.0730 e. The van der Waals surface area contributed by atoms with Gasteiger partial charge in [-0.3, -0.25) is 4.98 Å². The summed E-state index contributed by atoms with van der Waals surface area (Å²) in [6.45, 7) is 0. The van der Waals surface area contributed by atoms with E-state index in [9.17, 15) is 0 Å². The lowest BCUT2D eigenvalue weighted by Gasteiger charge is -2.16. The van der Waals surface area contributed by atoms with Gasteiger partial charge in [0, 0.05) is 34.3 Å². The van der Waals surface area contributed by atoms with Gasteiger partial charge in [0.2, 0.25) is 0 Å². The molecule has 0 saturated carbocycles. The normalized spacial score (nSPS) is 10.7. The lowest BCUT2D eigenvalue weighted by atomic mass is 10.0. The topological polar surface area (TPSA) is 37.8 Å². The van der Waals surface area contributed by atoms with Crippen LogP contribution in [0.2, 0.25) is 0 Å². The second kappa shape index (κ2) is 10.3. The van der Waals surface area contributed by atoms with Crippen molar-refractivity contribution in [1.82, 2.24) is 9.97 Å². The summed E-state index contributed by atoms with van der Waals surface area (Å²) in [4.78, 5) is 9.70. The number of benzene rings is 4. The van der Waals surface area contributed by atoms with Crippen LogP contribution in [0.25, 0.3) is 44.9 Å². The van der Waals surface area contributed by atoms with Crippen LogP contribution in [0, 0.1) is 0 Å². The van der Waals surface area contributed by atoms with E-state index in [0.717, 1.165) is 50.7 Å². The van der Waals surface area contributed by atoms with Gasteiger partial charge in [0.05, 0.1) is 17.1 Å². The Morgan fingerprint density at radius 1 is 0.405 bits per heavy atom. The van der Waals surface area contributed by atoms with Crippen molar-refractivity contribution in [3.05, 3.63) is 146 Å². The summed E-state index contributed by atoms with van der Waals surface area (Å²) in [5.74, 6) is 0. The Hall–Kier alpha value is -5.02. The van der Waals surface area contributed by atoms with Crippen LogP contribution in [0.3, 0.4) is 0 Å². The molecule has 0 saturated heterocycles. The minimum atomic E-state index is 0.922. The number of anilines is 2. The van der Waals surface area contributed by atoms with Gasteiger partial charge in [0.25, 0.3) is 0 Å². The third kappa shape index (κ3) is 4.89. The Kier molecular flexibility index (Phi) is 6.25. The Morgan fingerprint density at radius 2 is 0.973 bits per heavy atom. The van der Waals surface area contributed by atoms with Crippen molar-refractivity contribution in [3.8, 4) is 44.9 Å². The maximum atomic E-state index is 4.99. The summed E-state index contributed by atoms with van der Waals surface area (Å²) in [7, 11) is 0. The van der Waals surface area contributed by atoms with Crippen molar-refractivity contribution in [1.29, 1.82) is 0 Å². The zero-order valence-corrected chi connectivity index (χ0v) is 20.3. The number of pyridine rings is 2. The summed E-state index contributed by atoms with van der Waals surface area (Å²) in [6, 6.07) is 47.6. The maximum absolute atomic E-state index is 4.99. The first-order chi connectivity index (χ1) is 18.3. The highest BCUT2D eigenvalue weighted by atomic mass is 14.9. The molecule has 0 aliphatic carbocycles. The summed E-state index contributed by atoms with van der Waals surface area (Å²) in [5.41, 5.74) is 10.3. The van der Waals surface area contributed by atoms with Crippen LogP contribution >= 0.6 is 0 Å². The maximum Gasteiger partial charge on any atom is 0.0730 e. The number of hydrogen-bond acceptors (Lipinski definition) is 3. The highest BCUT2D eigenvalue weighted by Crippen LogP contribution is 2.35. The van der Waals surface area contributed by atoms with Gasteiger partial charge in [-0.2, -0.15) is 0 Å². The average Bonchev–Trinajstić information content (AvgIpc) is 2.99. The van der Waals surface area contributed by atoms with Crippen LogP contribution < -0.4 is 5.32 Å². The molecule has 2 aromatic heterocycles. The fourth-order valence-electron chi connectivity index (χ4n) is 4.52. The molecular formula is C34H25N3. The first kappa shape index (κ1) is 22.4.